The van der Waals surface area contributed by atoms with E-state index in [1.165, 1.54) is 12.1 Å². The topological polar surface area (TPSA) is 75.4 Å². The zero-order valence-electron chi connectivity index (χ0n) is 14.0. The van der Waals surface area contributed by atoms with Gasteiger partial charge in [0.1, 0.15) is 5.82 Å². The van der Waals surface area contributed by atoms with Crippen LogP contribution in [0.5, 0.6) is 0 Å². The second-order valence-corrected chi connectivity index (χ2v) is 6.31. The number of urea groups is 1. The van der Waals surface area contributed by atoms with E-state index < -0.39 is 5.91 Å². The molecule has 3 N–H and O–H groups in total. The first-order valence-corrected chi connectivity index (χ1v) is 8.16. The van der Waals surface area contributed by atoms with Crippen LogP contribution in [0.4, 0.5) is 14.9 Å². The van der Waals surface area contributed by atoms with Crippen LogP contribution in [-0.4, -0.2) is 22.9 Å². The molecule has 0 heterocycles. The van der Waals surface area contributed by atoms with Crippen molar-refractivity contribution in [2.24, 2.45) is 5.73 Å². The van der Waals surface area contributed by atoms with E-state index >= 15 is 0 Å². The number of hydrogen-bond donors (Lipinski definition) is 2. The van der Waals surface area contributed by atoms with Crippen molar-refractivity contribution in [3.8, 4) is 0 Å². The van der Waals surface area contributed by atoms with Gasteiger partial charge in [-0.15, -0.1) is 0 Å². The Hall–Kier alpha value is -2.89. The molecule has 1 aliphatic rings. The summed E-state index contributed by atoms with van der Waals surface area (Å²) in [5.74, 6) is -0.868. The number of amides is 3. The summed E-state index contributed by atoms with van der Waals surface area (Å²) in [4.78, 5) is 25.8. The van der Waals surface area contributed by atoms with Crippen LogP contribution in [-0.2, 0) is 6.54 Å². The van der Waals surface area contributed by atoms with E-state index in [9.17, 15) is 14.0 Å². The number of rotatable bonds is 5. The Morgan fingerprint density at radius 2 is 2.00 bits per heavy atom. The Morgan fingerprint density at radius 3 is 2.64 bits per heavy atom. The highest BCUT2D eigenvalue weighted by molar-refractivity contribution is 5.96. The van der Waals surface area contributed by atoms with Crippen molar-refractivity contribution in [3.63, 3.8) is 0 Å². The van der Waals surface area contributed by atoms with Gasteiger partial charge in [0.15, 0.2) is 0 Å². The minimum Gasteiger partial charge on any atom is -0.366 e. The molecule has 1 fully saturated rings. The summed E-state index contributed by atoms with van der Waals surface area (Å²) < 4.78 is 13.4. The van der Waals surface area contributed by atoms with Gasteiger partial charge < -0.3 is 16.0 Å². The summed E-state index contributed by atoms with van der Waals surface area (Å²) in [7, 11) is 0. The number of carbonyl (C=O) groups excluding carboxylic acids is 2. The number of anilines is 1. The highest BCUT2D eigenvalue weighted by atomic mass is 19.1. The first-order chi connectivity index (χ1) is 11.9. The maximum absolute atomic E-state index is 13.4. The van der Waals surface area contributed by atoms with E-state index in [-0.39, 0.29) is 17.9 Å². The maximum Gasteiger partial charge on any atom is 0.322 e. The van der Waals surface area contributed by atoms with Gasteiger partial charge in [-0.3, -0.25) is 4.79 Å². The molecular weight excluding hydrogens is 321 g/mol. The molecule has 0 atom stereocenters. The zero-order valence-corrected chi connectivity index (χ0v) is 14.0. The summed E-state index contributed by atoms with van der Waals surface area (Å²) in [5, 5.41) is 2.85. The number of primary amides is 1. The number of nitrogens with one attached hydrogen (secondary N) is 1. The van der Waals surface area contributed by atoms with Crippen LogP contribution in [0.2, 0.25) is 0 Å². The average Bonchev–Trinajstić information content (AvgIpc) is 3.39. The van der Waals surface area contributed by atoms with Crippen LogP contribution < -0.4 is 11.1 Å². The van der Waals surface area contributed by atoms with Crippen molar-refractivity contribution in [3.05, 3.63) is 65.0 Å². The van der Waals surface area contributed by atoms with Gasteiger partial charge in [0.05, 0.1) is 0 Å². The predicted octanol–water partition coefficient (Wildman–Crippen LogP) is 3.43. The average molecular weight is 341 g/mol. The number of nitrogens with two attached hydrogens (primary N) is 1. The van der Waals surface area contributed by atoms with Gasteiger partial charge >= 0.3 is 6.03 Å². The molecule has 0 bridgehead atoms. The molecule has 130 valence electrons. The van der Waals surface area contributed by atoms with Crippen molar-refractivity contribution >= 4 is 17.6 Å². The predicted molar refractivity (Wildman–Crippen MR) is 93.7 cm³/mol. The molecule has 0 saturated heterocycles. The molecule has 1 saturated carbocycles. The second kappa shape index (κ2) is 6.93. The minimum absolute atomic E-state index is 0.155. The monoisotopic (exact) mass is 341 g/mol. The Labute approximate surface area is 145 Å². The third-order valence-corrected chi connectivity index (χ3v) is 4.25. The number of carbonyl (C=O) groups is 2. The number of halogens is 1. The molecule has 2 aromatic rings. The molecule has 1 aliphatic carbocycles. The van der Waals surface area contributed by atoms with Crippen molar-refractivity contribution in [1.29, 1.82) is 0 Å². The van der Waals surface area contributed by atoms with Crippen LogP contribution in [0.1, 0.15) is 34.3 Å². The lowest BCUT2D eigenvalue weighted by Crippen LogP contribution is -2.36. The van der Waals surface area contributed by atoms with Crippen LogP contribution in [0.15, 0.2) is 42.5 Å². The molecule has 5 nitrogen and oxygen atoms in total. The van der Waals surface area contributed by atoms with Crippen LogP contribution in [0, 0.1) is 12.7 Å². The van der Waals surface area contributed by atoms with Gasteiger partial charge in [-0.25, -0.2) is 9.18 Å². The van der Waals surface area contributed by atoms with Crippen LogP contribution >= 0.6 is 0 Å². The Bertz CT molecular complexity index is 818. The standard InChI is InChI=1S/C19H20FN3O2/c1-12-5-6-14(18(21)24)10-17(12)22-19(25)23(16-7-8-16)11-13-3-2-4-15(20)9-13/h2-6,9-10,16H,7-8,11H2,1H3,(H2,21,24)(H,22,25). The second-order valence-electron chi connectivity index (χ2n) is 6.31. The lowest BCUT2D eigenvalue weighted by atomic mass is 10.1. The highest BCUT2D eigenvalue weighted by Gasteiger charge is 2.32. The van der Waals surface area contributed by atoms with Crippen LogP contribution in [0.25, 0.3) is 0 Å². The fraction of sp³-hybridized carbons (Fsp3) is 0.263. The third-order valence-electron chi connectivity index (χ3n) is 4.25. The molecule has 25 heavy (non-hydrogen) atoms. The van der Waals surface area contributed by atoms with Gasteiger partial charge in [-0.2, -0.15) is 0 Å². The van der Waals surface area contributed by atoms with Crippen molar-refractivity contribution < 1.29 is 14.0 Å². The molecule has 0 spiro atoms. The SMILES string of the molecule is Cc1ccc(C(N)=O)cc1NC(=O)N(Cc1cccc(F)c1)C1CC1. The lowest BCUT2D eigenvalue weighted by Gasteiger charge is -2.23. The van der Waals surface area contributed by atoms with Crippen molar-refractivity contribution in [1.82, 2.24) is 4.90 Å². The third kappa shape index (κ3) is 4.15. The first kappa shape index (κ1) is 17.0. The highest BCUT2D eigenvalue weighted by Crippen LogP contribution is 2.29. The van der Waals surface area contributed by atoms with Gasteiger partial charge in [-0.05, 0) is 55.2 Å². The quantitative estimate of drug-likeness (QED) is 0.874. The number of benzene rings is 2. The molecule has 0 unspecified atom stereocenters. The van der Waals surface area contributed by atoms with E-state index in [2.05, 4.69) is 5.32 Å². The summed E-state index contributed by atoms with van der Waals surface area (Å²) in [6.07, 6.45) is 1.87. The van der Waals surface area contributed by atoms with E-state index in [0.29, 0.717) is 17.8 Å². The number of nitrogens with zero attached hydrogens (tertiary/aromatic N) is 1. The Balaban J connectivity index is 1.78. The number of aryl methyl sites for hydroxylation is 1. The summed E-state index contributed by atoms with van der Waals surface area (Å²) in [5.41, 5.74) is 7.76. The fourth-order valence-corrected chi connectivity index (χ4v) is 2.68. The molecular formula is C19H20FN3O2. The summed E-state index contributed by atoms with van der Waals surface area (Å²) >= 11 is 0. The zero-order chi connectivity index (χ0) is 18.0. The normalized spacial score (nSPS) is 13.4. The Morgan fingerprint density at radius 1 is 1.24 bits per heavy atom. The summed E-state index contributed by atoms with van der Waals surface area (Å²) in [6, 6.07) is 11.1. The minimum atomic E-state index is -0.547. The van der Waals surface area contributed by atoms with Crippen molar-refractivity contribution in [2.75, 3.05) is 5.32 Å². The molecule has 0 aliphatic heterocycles. The molecule has 0 aromatic heterocycles. The smallest absolute Gasteiger partial charge is 0.322 e. The van der Waals surface area contributed by atoms with Gasteiger partial charge in [-0.1, -0.05) is 18.2 Å². The molecule has 0 radical (unpaired) electrons. The van der Waals surface area contributed by atoms with E-state index in [0.717, 1.165) is 24.0 Å². The fourth-order valence-electron chi connectivity index (χ4n) is 2.68. The van der Waals surface area contributed by atoms with Gasteiger partial charge in [0, 0.05) is 23.8 Å². The molecule has 3 amide bonds. The first-order valence-electron chi connectivity index (χ1n) is 8.16. The van der Waals surface area contributed by atoms with Crippen molar-refractivity contribution in [2.45, 2.75) is 32.4 Å². The van der Waals surface area contributed by atoms with E-state index in [1.54, 1.807) is 35.2 Å². The van der Waals surface area contributed by atoms with Gasteiger partial charge in [0.25, 0.3) is 0 Å². The Kier molecular flexibility index (Phi) is 4.70. The van der Waals surface area contributed by atoms with E-state index in [4.69, 9.17) is 5.73 Å². The maximum atomic E-state index is 13.4. The molecule has 3 rings (SSSR count). The number of hydrogen-bond acceptors (Lipinski definition) is 2. The largest absolute Gasteiger partial charge is 0.366 e. The molecule has 2 aromatic carbocycles. The molecule has 6 heteroatoms. The summed E-state index contributed by atoms with van der Waals surface area (Å²) in [6.45, 7) is 2.18. The lowest BCUT2D eigenvalue weighted by molar-refractivity contribution is 0.1000. The van der Waals surface area contributed by atoms with Gasteiger partial charge in [0.2, 0.25) is 5.91 Å². The van der Waals surface area contributed by atoms with Crippen LogP contribution in [0.3, 0.4) is 0 Å². The van der Waals surface area contributed by atoms with E-state index in [1.807, 2.05) is 6.92 Å².